The first-order chi connectivity index (χ1) is 10.4. The Kier molecular flexibility index (Phi) is 3.60. The van der Waals surface area contributed by atoms with Crippen molar-refractivity contribution in [1.29, 1.82) is 0 Å². The normalized spacial score (nSPS) is 11.7. The molecule has 0 aliphatic carbocycles. The zero-order valence-corrected chi connectivity index (χ0v) is 13.2. The number of carboxylic acid groups (broad SMARTS) is 1. The molecule has 0 saturated heterocycles. The van der Waals surface area contributed by atoms with E-state index in [1.807, 2.05) is 0 Å². The first-order valence-corrected chi connectivity index (χ1v) is 8.90. The fourth-order valence-electron chi connectivity index (χ4n) is 1.92. The van der Waals surface area contributed by atoms with Crippen LogP contribution in [-0.2, 0) is 10.3 Å². The molecule has 0 bridgehead atoms. The maximum atomic E-state index is 11.8. The quantitative estimate of drug-likeness (QED) is 0.696. The molecule has 0 spiro atoms. The number of thiophene rings is 1. The van der Waals surface area contributed by atoms with Crippen molar-refractivity contribution in [2.24, 2.45) is 0 Å². The number of benzene rings is 1. The molecule has 7 nitrogen and oxygen atoms in total. The summed E-state index contributed by atoms with van der Waals surface area (Å²) in [6.45, 7) is 0. The summed E-state index contributed by atoms with van der Waals surface area (Å²) in [5, 5.41) is 9.91. The van der Waals surface area contributed by atoms with Gasteiger partial charge in [0.2, 0.25) is 0 Å². The second kappa shape index (κ2) is 5.32. The van der Waals surface area contributed by atoms with Crippen LogP contribution in [0.2, 0.25) is 0 Å². The van der Waals surface area contributed by atoms with Gasteiger partial charge in [0.15, 0.2) is 5.69 Å². The molecule has 0 saturated carbocycles. The highest BCUT2D eigenvalue weighted by Crippen LogP contribution is 2.40. The van der Waals surface area contributed by atoms with Crippen LogP contribution >= 0.6 is 22.7 Å². The number of anilines is 2. The van der Waals surface area contributed by atoms with Gasteiger partial charge in [0.05, 0.1) is 5.51 Å². The lowest BCUT2D eigenvalue weighted by Crippen LogP contribution is -2.25. The Morgan fingerprint density at radius 2 is 2.00 bits per heavy atom. The molecule has 0 amide bonds. The lowest BCUT2D eigenvalue weighted by molar-refractivity contribution is 0.0692. The fraction of sp³-hybridized carbons (Fsp3) is 0. The summed E-state index contributed by atoms with van der Waals surface area (Å²) in [5.74, 6) is -1.37. The van der Waals surface area contributed by atoms with E-state index in [4.69, 9.17) is 5.11 Å². The van der Waals surface area contributed by atoms with Gasteiger partial charge >= 0.3 is 16.3 Å². The van der Waals surface area contributed by atoms with Gasteiger partial charge in [-0.25, -0.2) is 9.78 Å². The molecule has 22 heavy (non-hydrogen) atoms. The van der Waals surface area contributed by atoms with E-state index in [0.29, 0.717) is 4.31 Å². The Morgan fingerprint density at radius 1 is 1.27 bits per heavy atom. The molecule has 2 aromatic heterocycles. The molecule has 2 heterocycles. The van der Waals surface area contributed by atoms with E-state index in [1.165, 1.54) is 5.51 Å². The lowest BCUT2D eigenvalue weighted by atomic mass is 10.3. The second-order valence-electron chi connectivity index (χ2n) is 4.18. The van der Waals surface area contributed by atoms with Crippen LogP contribution in [0.4, 0.5) is 10.0 Å². The molecule has 0 fully saturated rings. The van der Waals surface area contributed by atoms with Crippen molar-refractivity contribution in [3.05, 3.63) is 41.5 Å². The molecule has 0 radical (unpaired) electrons. The molecule has 0 aliphatic rings. The minimum absolute atomic E-state index is 0.165. The van der Waals surface area contributed by atoms with E-state index < -0.39 is 22.0 Å². The number of aromatic nitrogens is 1. The van der Waals surface area contributed by atoms with Gasteiger partial charge in [0.1, 0.15) is 10.0 Å². The van der Waals surface area contributed by atoms with Gasteiger partial charge in [0, 0.05) is 4.70 Å². The Labute approximate surface area is 133 Å². The van der Waals surface area contributed by atoms with Gasteiger partial charge in [0.25, 0.3) is 0 Å². The number of thiazole rings is 1. The monoisotopic (exact) mass is 356 g/mol. The number of rotatable bonds is 4. The van der Waals surface area contributed by atoms with Crippen molar-refractivity contribution in [3.63, 3.8) is 0 Å². The zero-order chi connectivity index (χ0) is 15.9. The van der Waals surface area contributed by atoms with Crippen LogP contribution in [0.15, 0.2) is 35.8 Å². The van der Waals surface area contributed by atoms with E-state index in [-0.39, 0.29) is 10.0 Å². The van der Waals surface area contributed by atoms with Crippen molar-refractivity contribution >= 4 is 59.0 Å². The van der Waals surface area contributed by atoms with Crippen molar-refractivity contribution in [3.8, 4) is 0 Å². The number of carbonyl (C=O) groups is 1. The third-order valence-corrected chi connectivity index (χ3v) is 5.76. The van der Waals surface area contributed by atoms with Crippen LogP contribution in [0.3, 0.4) is 0 Å². The van der Waals surface area contributed by atoms with Crippen LogP contribution in [0.25, 0.3) is 10.1 Å². The van der Waals surface area contributed by atoms with Gasteiger partial charge in [-0.05, 0) is 17.5 Å². The maximum Gasteiger partial charge on any atom is 0.365 e. The first-order valence-electron chi connectivity index (χ1n) is 5.81. The smallest absolute Gasteiger partial charge is 0.365 e. The third-order valence-electron chi connectivity index (χ3n) is 2.78. The molecule has 1 aromatic carbocycles. The molecular formula is C12H8N2O5S3. The molecule has 3 rings (SSSR count). The molecule has 10 heteroatoms. The Bertz CT molecular complexity index is 927. The summed E-state index contributed by atoms with van der Waals surface area (Å²) in [7, 11) is -4.69. The predicted molar refractivity (Wildman–Crippen MR) is 84.6 cm³/mol. The zero-order valence-electron chi connectivity index (χ0n) is 10.7. The Balaban J connectivity index is 2.23. The minimum Gasteiger partial charge on any atom is -0.476 e. The number of fused-ring (bicyclic) bond motifs is 1. The van der Waals surface area contributed by atoms with E-state index in [9.17, 15) is 17.8 Å². The SMILES string of the molecule is O=C(O)c1ncsc1N(c1cc2ccccc2s1)S(=O)(=O)O. The van der Waals surface area contributed by atoms with Crippen molar-refractivity contribution in [2.45, 2.75) is 0 Å². The summed E-state index contributed by atoms with van der Waals surface area (Å²) in [6, 6.07) is 8.76. The highest BCUT2D eigenvalue weighted by atomic mass is 32.2. The number of aromatic carboxylic acids is 1. The van der Waals surface area contributed by atoms with Crippen LogP contribution in [-0.4, -0.2) is 29.0 Å². The summed E-state index contributed by atoms with van der Waals surface area (Å²) in [6.07, 6.45) is 0. The van der Waals surface area contributed by atoms with Gasteiger partial charge in [-0.1, -0.05) is 18.2 Å². The highest BCUT2D eigenvalue weighted by Gasteiger charge is 2.30. The number of hydrogen-bond donors (Lipinski definition) is 2. The highest BCUT2D eigenvalue weighted by molar-refractivity contribution is 7.88. The summed E-state index contributed by atoms with van der Waals surface area (Å²) < 4.78 is 34.4. The Morgan fingerprint density at radius 3 is 2.64 bits per heavy atom. The summed E-state index contributed by atoms with van der Waals surface area (Å²) in [5.41, 5.74) is 0.782. The number of nitrogens with zero attached hydrogens (tertiary/aromatic N) is 2. The van der Waals surface area contributed by atoms with Crippen LogP contribution < -0.4 is 4.31 Å². The lowest BCUT2D eigenvalue weighted by Gasteiger charge is -2.16. The first kappa shape index (κ1) is 14.9. The largest absolute Gasteiger partial charge is 0.476 e. The molecule has 0 aliphatic heterocycles. The minimum atomic E-state index is -4.69. The maximum absolute atomic E-state index is 11.8. The predicted octanol–water partition coefficient (Wildman–Crippen LogP) is 3.00. The average Bonchev–Trinajstić information content (AvgIpc) is 3.03. The van der Waals surface area contributed by atoms with Crippen LogP contribution in [0.5, 0.6) is 0 Å². The van der Waals surface area contributed by atoms with Gasteiger partial charge in [-0.3, -0.25) is 4.55 Å². The van der Waals surface area contributed by atoms with Crippen molar-refractivity contribution in [1.82, 2.24) is 4.98 Å². The number of hydrogen-bond acceptors (Lipinski definition) is 6. The average molecular weight is 356 g/mol. The van der Waals surface area contributed by atoms with Crippen LogP contribution in [0, 0.1) is 0 Å². The molecule has 3 aromatic rings. The van der Waals surface area contributed by atoms with E-state index in [1.54, 1.807) is 30.3 Å². The van der Waals surface area contributed by atoms with Crippen molar-refractivity contribution in [2.75, 3.05) is 4.31 Å². The van der Waals surface area contributed by atoms with Crippen LogP contribution in [0.1, 0.15) is 10.5 Å². The second-order valence-corrected chi connectivity index (χ2v) is 7.33. The van der Waals surface area contributed by atoms with Gasteiger partial charge < -0.3 is 5.11 Å². The van der Waals surface area contributed by atoms with Gasteiger partial charge in [-0.2, -0.15) is 12.7 Å². The molecule has 0 atom stereocenters. The number of carboxylic acids is 1. The van der Waals surface area contributed by atoms with E-state index in [2.05, 4.69) is 4.98 Å². The topological polar surface area (TPSA) is 108 Å². The molecule has 2 N–H and O–H groups in total. The molecule has 0 unspecified atom stereocenters. The molecule has 114 valence electrons. The standard InChI is InChI=1S/C12H8N2O5S3/c15-12(16)10-11(20-6-13-10)14(22(17,18)19)9-5-7-3-1-2-4-8(7)21-9/h1-6H,(H,15,16)(H,17,18,19). The van der Waals surface area contributed by atoms with Crippen molar-refractivity contribution < 1.29 is 22.9 Å². The summed E-state index contributed by atoms with van der Waals surface area (Å²) in [4.78, 5) is 14.8. The van der Waals surface area contributed by atoms with E-state index in [0.717, 1.165) is 32.8 Å². The third kappa shape index (κ3) is 2.57. The van der Waals surface area contributed by atoms with E-state index >= 15 is 0 Å². The van der Waals surface area contributed by atoms with Gasteiger partial charge in [-0.15, -0.1) is 22.7 Å². The fourth-order valence-corrected chi connectivity index (χ4v) is 5.04. The molecular weight excluding hydrogens is 348 g/mol. The Hall–Kier alpha value is -2.01. The summed E-state index contributed by atoms with van der Waals surface area (Å²) >= 11 is 1.94.